The second-order valence-electron chi connectivity index (χ2n) is 5.70. The molecule has 0 saturated heterocycles. The van der Waals surface area contributed by atoms with Gasteiger partial charge in [0.15, 0.2) is 5.96 Å². The molecule has 0 fully saturated rings. The zero-order valence-corrected chi connectivity index (χ0v) is 16.9. The van der Waals surface area contributed by atoms with Crippen LogP contribution in [0, 0.1) is 0 Å². The number of halogens is 2. The number of benzene rings is 1. The Labute approximate surface area is 163 Å². The van der Waals surface area contributed by atoms with Crippen LogP contribution in [-0.4, -0.2) is 44.3 Å². The third-order valence-corrected chi connectivity index (χ3v) is 5.62. The zero-order chi connectivity index (χ0) is 21.0. The normalized spacial score (nSPS) is 13.3. The van der Waals surface area contributed by atoms with Crippen molar-refractivity contribution in [1.82, 2.24) is 0 Å². The molecule has 11 heteroatoms. The fraction of sp³-hybridized carbons (Fsp3) is 0.588. The number of hydrogen-bond donors (Lipinski definition) is 2. The van der Waals surface area contributed by atoms with Crippen LogP contribution >= 0.6 is 7.60 Å². The molecule has 0 amide bonds. The summed E-state index contributed by atoms with van der Waals surface area (Å²) >= 11 is 0. The SMILES string of the molecule is CCOP(=O)(OCC)C(F)(F)CC(COCc1ccccc1)OCN=C(N)N. The number of ether oxygens (including phenoxy) is 2. The molecule has 1 atom stereocenters. The van der Waals surface area contributed by atoms with Crippen molar-refractivity contribution in [3.8, 4) is 0 Å². The minimum absolute atomic E-state index is 0.184. The predicted molar refractivity (Wildman–Crippen MR) is 102 cm³/mol. The molecule has 1 aromatic carbocycles. The van der Waals surface area contributed by atoms with E-state index in [1.54, 1.807) is 0 Å². The van der Waals surface area contributed by atoms with Gasteiger partial charge >= 0.3 is 13.3 Å². The first kappa shape index (κ1) is 24.5. The first-order valence-corrected chi connectivity index (χ1v) is 10.3. The topological polar surface area (TPSA) is 118 Å². The van der Waals surface area contributed by atoms with Gasteiger partial charge in [0, 0.05) is 0 Å². The molecule has 0 heterocycles. The molecule has 0 aliphatic carbocycles. The van der Waals surface area contributed by atoms with Crippen molar-refractivity contribution in [3.63, 3.8) is 0 Å². The summed E-state index contributed by atoms with van der Waals surface area (Å²) in [5.41, 5.74) is 7.52. The summed E-state index contributed by atoms with van der Waals surface area (Å²) in [5, 5.41) is 0. The van der Waals surface area contributed by atoms with Crippen LogP contribution < -0.4 is 11.5 Å². The predicted octanol–water partition coefficient (Wildman–Crippen LogP) is 3.07. The quantitative estimate of drug-likeness (QED) is 0.268. The molecule has 28 heavy (non-hydrogen) atoms. The molecule has 0 aliphatic heterocycles. The van der Waals surface area contributed by atoms with E-state index >= 15 is 0 Å². The summed E-state index contributed by atoms with van der Waals surface area (Å²) in [6, 6.07) is 9.19. The minimum Gasteiger partial charge on any atom is -0.374 e. The van der Waals surface area contributed by atoms with Gasteiger partial charge in [-0.15, -0.1) is 0 Å². The lowest BCUT2D eigenvalue weighted by molar-refractivity contribution is -0.0680. The Hall–Kier alpha value is -1.58. The molecule has 8 nitrogen and oxygen atoms in total. The van der Waals surface area contributed by atoms with Crippen molar-refractivity contribution in [1.29, 1.82) is 0 Å². The Morgan fingerprint density at radius 3 is 2.32 bits per heavy atom. The first-order chi connectivity index (χ1) is 13.2. The van der Waals surface area contributed by atoms with E-state index in [0.717, 1.165) is 5.56 Å². The molecule has 0 saturated carbocycles. The minimum atomic E-state index is -4.67. The number of alkyl halides is 2. The van der Waals surface area contributed by atoms with Gasteiger partial charge in [0.1, 0.15) is 6.73 Å². The van der Waals surface area contributed by atoms with E-state index < -0.39 is 25.8 Å². The summed E-state index contributed by atoms with van der Waals surface area (Å²) < 4.78 is 62.2. The van der Waals surface area contributed by atoms with E-state index in [1.807, 2.05) is 30.3 Å². The summed E-state index contributed by atoms with van der Waals surface area (Å²) in [4.78, 5) is 3.61. The maximum Gasteiger partial charge on any atom is 0.399 e. The maximum atomic E-state index is 14.7. The molecule has 1 unspecified atom stereocenters. The van der Waals surface area contributed by atoms with Crippen molar-refractivity contribution in [2.45, 2.75) is 38.6 Å². The van der Waals surface area contributed by atoms with Crippen molar-refractivity contribution in [2.75, 3.05) is 26.6 Å². The Morgan fingerprint density at radius 2 is 1.79 bits per heavy atom. The van der Waals surface area contributed by atoms with Crippen molar-refractivity contribution in [3.05, 3.63) is 35.9 Å². The summed E-state index contributed by atoms with van der Waals surface area (Å²) in [6.45, 7) is 2.21. The Morgan fingerprint density at radius 1 is 1.18 bits per heavy atom. The second kappa shape index (κ2) is 12.1. The third kappa shape index (κ3) is 8.20. The zero-order valence-electron chi connectivity index (χ0n) is 16.1. The second-order valence-corrected chi connectivity index (χ2v) is 7.87. The van der Waals surface area contributed by atoms with Crippen LogP contribution in [0.25, 0.3) is 0 Å². The van der Waals surface area contributed by atoms with E-state index in [1.165, 1.54) is 13.8 Å². The molecule has 0 radical (unpaired) electrons. The molecule has 0 aromatic heterocycles. The summed E-state index contributed by atoms with van der Waals surface area (Å²) in [5.74, 6) is -0.245. The van der Waals surface area contributed by atoms with Gasteiger partial charge in [-0.1, -0.05) is 30.3 Å². The molecule has 0 bridgehead atoms. The van der Waals surface area contributed by atoms with Gasteiger partial charge in [0.25, 0.3) is 0 Å². The van der Waals surface area contributed by atoms with Gasteiger partial charge in [-0.2, -0.15) is 8.78 Å². The Balaban J connectivity index is 2.80. The number of nitrogens with two attached hydrogens (primary N) is 2. The maximum absolute atomic E-state index is 14.7. The fourth-order valence-corrected chi connectivity index (χ4v) is 3.78. The lowest BCUT2D eigenvalue weighted by Gasteiger charge is -2.28. The highest BCUT2D eigenvalue weighted by molar-refractivity contribution is 7.55. The van der Waals surface area contributed by atoms with E-state index in [0.29, 0.717) is 0 Å². The fourth-order valence-electron chi connectivity index (χ4n) is 2.22. The molecular formula is C17H28F2N3O5P. The highest BCUT2D eigenvalue weighted by Gasteiger charge is 2.54. The number of hydrogen-bond acceptors (Lipinski definition) is 6. The average Bonchev–Trinajstić information content (AvgIpc) is 2.62. The van der Waals surface area contributed by atoms with E-state index in [2.05, 4.69) is 4.99 Å². The van der Waals surface area contributed by atoms with Crippen LogP contribution in [0.1, 0.15) is 25.8 Å². The van der Waals surface area contributed by atoms with Crippen LogP contribution in [0.2, 0.25) is 0 Å². The third-order valence-electron chi connectivity index (χ3n) is 3.44. The monoisotopic (exact) mass is 423 g/mol. The Bertz CT molecular complexity index is 635. The molecule has 160 valence electrons. The van der Waals surface area contributed by atoms with Gasteiger partial charge < -0.3 is 30.0 Å². The van der Waals surface area contributed by atoms with Gasteiger partial charge in [0.2, 0.25) is 0 Å². The van der Waals surface area contributed by atoms with Gasteiger partial charge in [0.05, 0.1) is 39.0 Å². The highest BCUT2D eigenvalue weighted by Crippen LogP contribution is 2.63. The van der Waals surface area contributed by atoms with Crippen LogP contribution in [0.4, 0.5) is 8.78 Å². The van der Waals surface area contributed by atoms with E-state index in [9.17, 15) is 13.3 Å². The molecule has 1 aromatic rings. The average molecular weight is 423 g/mol. The Kier molecular flexibility index (Phi) is 10.6. The first-order valence-electron chi connectivity index (χ1n) is 8.79. The van der Waals surface area contributed by atoms with Crippen LogP contribution in [-0.2, 0) is 29.7 Å². The van der Waals surface area contributed by atoms with Gasteiger partial charge in [-0.05, 0) is 19.4 Å². The van der Waals surface area contributed by atoms with E-state index in [4.69, 9.17) is 30.0 Å². The van der Waals surface area contributed by atoms with E-state index in [-0.39, 0.29) is 39.1 Å². The molecule has 4 N–H and O–H groups in total. The van der Waals surface area contributed by atoms with Gasteiger partial charge in [-0.3, -0.25) is 4.57 Å². The van der Waals surface area contributed by atoms with Crippen LogP contribution in [0.5, 0.6) is 0 Å². The van der Waals surface area contributed by atoms with Crippen LogP contribution in [0.3, 0.4) is 0 Å². The number of aliphatic imine (C=N–C) groups is 1. The number of guanidine groups is 1. The number of rotatable bonds is 14. The van der Waals surface area contributed by atoms with Crippen molar-refractivity contribution in [2.24, 2.45) is 16.5 Å². The lowest BCUT2D eigenvalue weighted by atomic mass is 10.2. The highest BCUT2D eigenvalue weighted by atomic mass is 31.2. The number of nitrogens with zero attached hydrogens (tertiary/aromatic N) is 1. The van der Waals surface area contributed by atoms with Crippen molar-refractivity contribution < 1.29 is 31.9 Å². The smallest absolute Gasteiger partial charge is 0.374 e. The standard InChI is InChI=1S/C17H28F2N3O5P/c1-3-26-28(23,27-4-2)17(18,19)10-15(25-13-22-16(20)21)12-24-11-14-8-6-5-7-9-14/h5-9,15H,3-4,10-13H2,1-2H3,(H4,20,21,22). The summed E-state index contributed by atoms with van der Waals surface area (Å²) in [7, 11) is -4.67. The molecule has 1 rings (SSSR count). The largest absolute Gasteiger partial charge is 0.399 e. The molecule has 0 spiro atoms. The van der Waals surface area contributed by atoms with Gasteiger partial charge in [-0.25, -0.2) is 4.99 Å². The molecular weight excluding hydrogens is 395 g/mol. The molecule has 0 aliphatic rings. The lowest BCUT2D eigenvalue weighted by Crippen LogP contribution is -2.32. The van der Waals surface area contributed by atoms with Crippen molar-refractivity contribution >= 4 is 13.6 Å². The van der Waals surface area contributed by atoms with Crippen LogP contribution in [0.15, 0.2) is 35.3 Å². The summed E-state index contributed by atoms with van der Waals surface area (Å²) in [6.07, 6.45) is -2.09.